The largest absolute Gasteiger partial charge is 0.496 e. The molecule has 4 heteroatoms. The van der Waals surface area contributed by atoms with E-state index in [-0.39, 0.29) is 5.91 Å². The number of benzene rings is 2. The molecule has 23 heavy (non-hydrogen) atoms. The van der Waals surface area contributed by atoms with Crippen LogP contribution in [0.25, 0.3) is 0 Å². The van der Waals surface area contributed by atoms with Crippen molar-refractivity contribution < 1.29 is 9.53 Å². The van der Waals surface area contributed by atoms with Gasteiger partial charge in [-0.05, 0) is 43.5 Å². The number of hydrogen-bond donors (Lipinski definition) is 1. The maximum absolute atomic E-state index is 13.0. The number of methoxy groups -OCH3 is 1. The van der Waals surface area contributed by atoms with Gasteiger partial charge in [0.2, 0.25) is 5.91 Å². The molecule has 1 aliphatic rings. The smallest absolute Gasteiger partial charge is 0.235 e. The second kappa shape index (κ2) is 6.25. The Bertz CT molecular complexity index is 738. The summed E-state index contributed by atoms with van der Waals surface area (Å²) < 4.78 is 5.46. The maximum Gasteiger partial charge on any atom is 0.235 e. The maximum atomic E-state index is 13.0. The third-order valence-corrected chi connectivity index (χ3v) is 5.10. The number of carbonyl (C=O) groups is 1. The number of para-hydroxylation sites is 1. The number of aryl methyl sites for hydroxylation is 1. The van der Waals surface area contributed by atoms with Crippen molar-refractivity contribution in [1.82, 2.24) is 0 Å². The fourth-order valence-corrected chi connectivity index (χ4v) is 3.29. The van der Waals surface area contributed by atoms with E-state index in [1.165, 1.54) is 0 Å². The summed E-state index contributed by atoms with van der Waals surface area (Å²) in [4.78, 5) is 13.0. The summed E-state index contributed by atoms with van der Waals surface area (Å²) in [5, 5.41) is 3.68. The molecule has 0 bridgehead atoms. The van der Waals surface area contributed by atoms with Crippen LogP contribution in [-0.4, -0.2) is 13.0 Å². The third kappa shape index (κ3) is 2.81. The molecule has 0 unspecified atom stereocenters. The monoisotopic (exact) mass is 329 g/mol. The highest BCUT2D eigenvalue weighted by atomic mass is 35.5. The summed E-state index contributed by atoms with van der Waals surface area (Å²) in [5.41, 5.74) is 2.17. The fraction of sp³-hybridized carbons (Fsp3) is 0.316. The molecule has 1 aliphatic carbocycles. The van der Waals surface area contributed by atoms with Crippen molar-refractivity contribution in [3.05, 3.63) is 58.6 Å². The molecule has 1 saturated carbocycles. The van der Waals surface area contributed by atoms with E-state index in [1.54, 1.807) is 13.2 Å². The van der Waals surface area contributed by atoms with E-state index < -0.39 is 5.41 Å². The van der Waals surface area contributed by atoms with Crippen molar-refractivity contribution in [3.8, 4) is 5.75 Å². The number of hydrogen-bond acceptors (Lipinski definition) is 2. The number of anilines is 1. The van der Waals surface area contributed by atoms with Crippen LogP contribution in [0.4, 0.5) is 5.69 Å². The number of rotatable bonds is 4. The second-order valence-corrected chi connectivity index (χ2v) is 6.46. The van der Waals surface area contributed by atoms with Gasteiger partial charge < -0.3 is 10.1 Å². The van der Waals surface area contributed by atoms with Crippen molar-refractivity contribution in [2.75, 3.05) is 12.4 Å². The third-order valence-electron chi connectivity index (χ3n) is 4.69. The Morgan fingerprint density at radius 1 is 1.22 bits per heavy atom. The predicted molar refractivity (Wildman–Crippen MR) is 93.3 cm³/mol. The lowest BCUT2D eigenvalue weighted by Crippen LogP contribution is -2.46. The molecular weight excluding hydrogens is 310 g/mol. The highest BCUT2D eigenvalue weighted by molar-refractivity contribution is 6.31. The minimum atomic E-state index is -0.510. The Balaban J connectivity index is 1.90. The van der Waals surface area contributed by atoms with Gasteiger partial charge in [0.05, 0.1) is 12.5 Å². The summed E-state index contributed by atoms with van der Waals surface area (Å²) in [6.45, 7) is 1.94. The van der Waals surface area contributed by atoms with E-state index in [9.17, 15) is 4.79 Å². The van der Waals surface area contributed by atoms with E-state index in [2.05, 4.69) is 5.32 Å². The van der Waals surface area contributed by atoms with E-state index in [4.69, 9.17) is 16.3 Å². The van der Waals surface area contributed by atoms with Crippen molar-refractivity contribution in [2.45, 2.75) is 31.6 Å². The Morgan fingerprint density at radius 3 is 2.57 bits per heavy atom. The van der Waals surface area contributed by atoms with Crippen LogP contribution >= 0.6 is 11.6 Å². The van der Waals surface area contributed by atoms with Gasteiger partial charge in [0, 0.05) is 16.3 Å². The Kier molecular flexibility index (Phi) is 4.31. The molecule has 1 fully saturated rings. The zero-order valence-electron chi connectivity index (χ0n) is 13.4. The summed E-state index contributed by atoms with van der Waals surface area (Å²) in [6.07, 6.45) is 2.71. The topological polar surface area (TPSA) is 38.3 Å². The average Bonchev–Trinajstić information content (AvgIpc) is 2.50. The van der Waals surface area contributed by atoms with Crippen LogP contribution < -0.4 is 10.1 Å². The predicted octanol–water partition coefficient (Wildman–Crippen LogP) is 4.72. The first kappa shape index (κ1) is 15.9. The minimum Gasteiger partial charge on any atom is -0.496 e. The second-order valence-electron chi connectivity index (χ2n) is 6.05. The molecule has 0 spiro atoms. The van der Waals surface area contributed by atoms with Crippen molar-refractivity contribution >= 4 is 23.2 Å². The van der Waals surface area contributed by atoms with Crippen LogP contribution in [0, 0.1) is 6.92 Å². The lowest BCUT2D eigenvalue weighted by Gasteiger charge is -2.41. The van der Waals surface area contributed by atoms with Gasteiger partial charge in [0.1, 0.15) is 5.75 Å². The quantitative estimate of drug-likeness (QED) is 0.881. The van der Waals surface area contributed by atoms with Crippen LogP contribution in [0.1, 0.15) is 30.4 Å². The molecule has 120 valence electrons. The molecule has 3 rings (SSSR count). The van der Waals surface area contributed by atoms with E-state index in [0.717, 1.165) is 41.8 Å². The summed E-state index contributed by atoms with van der Waals surface area (Å²) in [5.74, 6) is 0.775. The van der Waals surface area contributed by atoms with Crippen molar-refractivity contribution in [2.24, 2.45) is 0 Å². The molecule has 1 N–H and O–H groups in total. The Labute approximate surface area is 141 Å². The van der Waals surface area contributed by atoms with Gasteiger partial charge in [-0.1, -0.05) is 42.3 Å². The van der Waals surface area contributed by atoms with Crippen LogP contribution in [0.15, 0.2) is 42.5 Å². The molecule has 0 aliphatic heterocycles. The molecule has 0 saturated heterocycles. The zero-order chi connectivity index (χ0) is 16.4. The van der Waals surface area contributed by atoms with Crippen LogP contribution in [-0.2, 0) is 10.2 Å². The summed E-state index contributed by atoms with van der Waals surface area (Å²) >= 11 is 6.15. The number of nitrogens with one attached hydrogen (secondary N) is 1. The number of ether oxygens (including phenoxy) is 1. The first-order valence-electron chi connectivity index (χ1n) is 7.78. The van der Waals surface area contributed by atoms with E-state index in [1.807, 2.05) is 43.3 Å². The molecule has 1 amide bonds. The van der Waals surface area contributed by atoms with Gasteiger partial charge in [-0.2, -0.15) is 0 Å². The lowest BCUT2D eigenvalue weighted by molar-refractivity contribution is -0.124. The molecule has 0 heterocycles. The van der Waals surface area contributed by atoms with Gasteiger partial charge >= 0.3 is 0 Å². The standard InChI is InChI=1S/C19H20ClNO2/c1-13-8-9-14(12-16(13)20)21-18(22)19(10-5-11-19)15-6-3-4-7-17(15)23-2/h3-4,6-9,12H,5,10-11H2,1-2H3,(H,21,22). The zero-order valence-corrected chi connectivity index (χ0v) is 14.1. The van der Waals surface area contributed by atoms with Gasteiger partial charge in [-0.3, -0.25) is 4.79 Å². The van der Waals surface area contributed by atoms with Crippen LogP contribution in [0.3, 0.4) is 0 Å². The molecular formula is C19H20ClNO2. The molecule has 2 aromatic rings. The molecule has 0 radical (unpaired) electrons. The highest BCUT2D eigenvalue weighted by Gasteiger charge is 2.47. The number of carbonyl (C=O) groups excluding carboxylic acids is 1. The molecule has 3 nitrogen and oxygen atoms in total. The fourth-order valence-electron chi connectivity index (χ4n) is 3.11. The van der Waals surface area contributed by atoms with Gasteiger partial charge in [-0.25, -0.2) is 0 Å². The lowest BCUT2D eigenvalue weighted by atomic mass is 9.63. The Hall–Kier alpha value is -2.00. The summed E-state index contributed by atoms with van der Waals surface area (Å²) in [7, 11) is 1.64. The van der Waals surface area contributed by atoms with E-state index >= 15 is 0 Å². The normalized spacial score (nSPS) is 15.6. The van der Waals surface area contributed by atoms with Crippen molar-refractivity contribution in [1.29, 1.82) is 0 Å². The molecule has 2 aromatic carbocycles. The molecule has 0 aromatic heterocycles. The molecule has 0 atom stereocenters. The van der Waals surface area contributed by atoms with Gasteiger partial charge in [-0.15, -0.1) is 0 Å². The minimum absolute atomic E-state index is 0.00756. The van der Waals surface area contributed by atoms with Crippen molar-refractivity contribution in [3.63, 3.8) is 0 Å². The van der Waals surface area contributed by atoms with Gasteiger partial charge in [0.15, 0.2) is 0 Å². The Morgan fingerprint density at radius 2 is 1.96 bits per heavy atom. The SMILES string of the molecule is COc1ccccc1C1(C(=O)Nc2ccc(C)c(Cl)c2)CCC1. The van der Waals surface area contributed by atoms with Gasteiger partial charge in [0.25, 0.3) is 0 Å². The number of amides is 1. The average molecular weight is 330 g/mol. The first-order chi connectivity index (χ1) is 11.1. The highest BCUT2D eigenvalue weighted by Crippen LogP contribution is 2.47. The number of halogens is 1. The van der Waals surface area contributed by atoms with E-state index in [0.29, 0.717) is 5.02 Å². The summed E-state index contributed by atoms with van der Waals surface area (Å²) in [6, 6.07) is 13.4. The van der Waals surface area contributed by atoms with Crippen LogP contribution in [0.2, 0.25) is 5.02 Å². The van der Waals surface area contributed by atoms with Crippen LogP contribution in [0.5, 0.6) is 5.75 Å². The first-order valence-corrected chi connectivity index (χ1v) is 8.16.